The van der Waals surface area contributed by atoms with Gasteiger partial charge in [0.05, 0.1) is 0 Å². The van der Waals surface area contributed by atoms with Gasteiger partial charge in [0.2, 0.25) is 6.41 Å². The Kier molecular flexibility index (Phi) is 3.38. The first kappa shape index (κ1) is 9.36. The molecule has 1 aromatic rings. The summed E-state index contributed by atoms with van der Waals surface area (Å²) in [5.74, 6) is 0. The number of rotatable bonds is 3. The zero-order valence-electron chi connectivity index (χ0n) is 6.18. The van der Waals surface area contributed by atoms with E-state index >= 15 is 0 Å². The second kappa shape index (κ2) is 4.33. The molecular weight excluding hydrogens is 197 g/mol. The van der Waals surface area contributed by atoms with Gasteiger partial charge in [-0.2, -0.15) is 0 Å². The molecule has 0 atom stereocenters. The molecule has 12 heavy (non-hydrogen) atoms. The summed E-state index contributed by atoms with van der Waals surface area (Å²) < 4.78 is 0. The Labute approximate surface area is 80.5 Å². The van der Waals surface area contributed by atoms with Gasteiger partial charge in [0.15, 0.2) is 0 Å². The Balaban J connectivity index is 2.82. The first-order valence-corrected chi connectivity index (χ1v) is 4.10. The number of carbonyl (C=O) groups excluding carboxylic acids is 1. The highest BCUT2D eigenvalue weighted by atomic mass is 35.5. The lowest BCUT2D eigenvalue weighted by Gasteiger charge is -2.02. The van der Waals surface area contributed by atoms with E-state index < -0.39 is 0 Å². The summed E-state index contributed by atoms with van der Waals surface area (Å²) in [5, 5.41) is 3.73. The maximum absolute atomic E-state index is 9.99. The van der Waals surface area contributed by atoms with Crippen molar-refractivity contribution in [1.82, 2.24) is 5.32 Å². The van der Waals surface area contributed by atoms with Crippen LogP contribution in [0.1, 0.15) is 5.56 Å². The summed E-state index contributed by atoms with van der Waals surface area (Å²) >= 11 is 11.5. The fraction of sp³-hybridized carbons (Fsp3) is 0.125. The summed E-state index contributed by atoms with van der Waals surface area (Å²) in [6.45, 7) is 0.406. The van der Waals surface area contributed by atoms with Gasteiger partial charge in [-0.25, -0.2) is 0 Å². The molecule has 0 aliphatic carbocycles. The lowest BCUT2D eigenvalue weighted by molar-refractivity contribution is -0.109. The average molecular weight is 204 g/mol. The molecule has 0 unspecified atom stereocenters. The number of benzene rings is 1. The van der Waals surface area contributed by atoms with Crippen LogP contribution in [0.5, 0.6) is 0 Å². The Morgan fingerprint density at radius 1 is 1.42 bits per heavy atom. The van der Waals surface area contributed by atoms with E-state index in [1.165, 1.54) is 0 Å². The van der Waals surface area contributed by atoms with E-state index in [4.69, 9.17) is 23.2 Å². The molecule has 0 bridgehead atoms. The Hall–Kier alpha value is -0.730. The summed E-state index contributed by atoms with van der Waals surface area (Å²) in [6.07, 6.45) is 0.622. The molecular formula is C8H7Cl2NO. The van der Waals surface area contributed by atoms with Crippen LogP contribution in [-0.4, -0.2) is 6.41 Å². The molecule has 0 spiro atoms. The molecule has 2 nitrogen and oxygen atoms in total. The van der Waals surface area contributed by atoms with Gasteiger partial charge in [0.25, 0.3) is 0 Å². The molecule has 1 N–H and O–H groups in total. The summed E-state index contributed by atoms with van der Waals surface area (Å²) in [6, 6.07) is 5.13. The zero-order valence-corrected chi connectivity index (χ0v) is 7.69. The van der Waals surface area contributed by atoms with Crippen LogP contribution >= 0.6 is 23.2 Å². The third-order valence-electron chi connectivity index (χ3n) is 1.38. The van der Waals surface area contributed by atoms with Crippen LogP contribution < -0.4 is 5.32 Å². The van der Waals surface area contributed by atoms with E-state index in [0.717, 1.165) is 5.56 Å². The van der Waals surface area contributed by atoms with Crippen LogP contribution in [0.15, 0.2) is 18.2 Å². The summed E-state index contributed by atoms with van der Waals surface area (Å²) in [7, 11) is 0. The van der Waals surface area contributed by atoms with E-state index in [1.54, 1.807) is 18.2 Å². The Bertz CT molecular complexity index is 288. The standard InChI is InChI=1S/C8H7Cl2NO/c9-7-1-2-8(10)6(3-7)4-11-5-12/h1-3,5H,4H2,(H,11,12). The van der Waals surface area contributed by atoms with E-state index in [1.807, 2.05) is 0 Å². The molecule has 0 saturated heterocycles. The molecule has 0 fully saturated rings. The average Bonchev–Trinajstić information content (AvgIpc) is 2.07. The van der Waals surface area contributed by atoms with Gasteiger partial charge in [0.1, 0.15) is 0 Å². The zero-order chi connectivity index (χ0) is 8.97. The molecule has 0 heterocycles. The topological polar surface area (TPSA) is 29.1 Å². The lowest BCUT2D eigenvalue weighted by atomic mass is 10.2. The normalized spacial score (nSPS) is 9.50. The fourth-order valence-electron chi connectivity index (χ4n) is 0.830. The summed E-state index contributed by atoms with van der Waals surface area (Å²) in [4.78, 5) is 9.99. The largest absolute Gasteiger partial charge is 0.355 e. The Morgan fingerprint density at radius 2 is 2.17 bits per heavy atom. The smallest absolute Gasteiger partial charge is 0.207 e. The molecule has 1 aromatic carbocycles. The predicted molar refractivity (Wildman–Crippen MR) is 49.4 cm³/mol. The molecule has 1 amide bonds. The van der Waals surface area contributed by atoms with Gasteiger partial charge in [-0.1, -0.05) is 23.2 Å². The molecule has 64 valence electrons. The number of carbonyl (C=O) groups is 1. The maximum atomic E-state index is 9.99. The van der Waals surface area contributed by atoms with E-state index in [0.29, 0.717) is 23.0 Å². The third-order valence-corrected chi connectivity index (χ3v) is 1.99. The van der Waals surface area contributed by atoms with Gasteiger partial charge in [-0.3, -0.25) is 4.79 Å². The SMILES string of the molecule is O=CNCc1cc(Cl)ccc1Cl. The van der Waals surface area contributed by atoms with Gasteiger partial charge in [0, 0.05) is 16.6 Å². The number of nitrogens with one attached hydrogen (secondary N) is 1. The molecule has 4 heteroatoms. The van der Waals surface area contributed by atoms with Crippen molar-refractivity contribution in [2.24, 2.45) is 0 Å². The van der Waals surface area contributed by atoms with Gasteiger partial charge in [-0.05, 0) is 23.8 Å². The van der Waals surface area contributed by atoms with E-state index in [-0.39, 0.29) is 0 Å². The van der Waals surface area contributed by atoms with Crippen molar-refractivity contribution in [2.75, 3.05) is 0 Å². The minimum absolute atomic E-state index is 0.406. The van der Waals surface area contributed by atoms with Crippen molar-refractivity contribution in [2.45, 2.75) is 6.54 Å². The number of hydrogen-bond acceptors (Lipinski definition) is 1. The van der Waals surface area contributed by atoms with Crippen LogP contribution in [0.25, 0.3) is 0 Å². The number of amides is 1. The second-order valence-corrected chi connectivity index (χ2v) is 3.08. The number of halogens is 2. The third kappa shape index (κ3) is 2.40. The van der Waals surface area contributed by atoms with Crippen LogP contribution in [0.3, 0.4) is 0 Å². The first-order chi connectivity index (χ1) is 5.74. The highest BCUT2D eigenvalue weighted by Gasteiger charge is 1.99. The quantitative estimate of drug-likeness (QED) is 0.751. The second-order valence-electron chi connectivity index (χ2n) is 2.23. The Morgan fingerprint density at radius 3 is 2.83 bits per heavy atom. The highest BCUT2D eigenvalue weighted by molar-refractivity contribution is 6.33. The van der Waals surface area contributed by atoms with Crippen molar-refractivity contribution >= 4 is 29.6 Å². The molecule has 0 radical (unpaired) electrons. The fourth-order valence-corrected chi connectivity index (χ4v) is 1.21. The van der Waals surface area contributed by atoms with E-state index in [9.17, 15) is 4.79 Å². The molecule has 0 saturated carbocycles. The van der Waals surface area contributed by atoms with Crippen LogP contribution in [-0.2, 0) is 11.3 Å². The monoisotopic (exact) mass is 203 g/mol. The summed E-state index contributed by atoms with van der Waals surface area (Å²) in [5.41, 5.74) is 0.816. The van der Waals surface area contributed by atoms with Crippen LogP contribution in [0.4, 0.5) is 0 Å². The van der Waals surface area contributed by atoms with Crippen LogP contribution in [0.2, 0.25) is 10.0 Å². The minimum atomic E-state index is 0.406. The number of hydrogen-bond donors (Lipinski definition) is 1. The van der Waals surface area contributed by atoms with Gasteiger partial charge < -0.3 is 5.32 Å². The van der Waals surface area contributed by atoms with Gasteiger partial charge >= 0.3 is 0 Å². The van der Waals surface area contributed by atoms with E-state index in [2.05, 4.69) is 5.32 Å². The first-order valence-electron chi connectivity index (χ1n) is 3.35. The molecule has 0 aliphatic rings. The van der Waals surface area contributed by atoms with Crippen molar-refractivity contribution in [1.29, 1.82) is 0 Å². The van der Waals surface area contributed by atoms with Gasteiger partial charge in [-0.15, -0.1) is 0 Å². The highest BCUT2D eigenvalue weighted by Crippen LogP contribution is 2.19. The molecule has 0 aromatic heterocycles. The van der Waals surface area contributed by atoms with Crippen molar-refractivity contribution in [3.05, 3.63) is 33.8 Å². The molecule has 1 rings (SSSR count). The van der Waals surface area contributed by atoms with Crippen molar-refractivity contribution in [3.63, 3.8) is 0 Å². The van der Waals surface area contributed by atoms with Crippen molar-refractivity contribution in [3.8, 4) is 0 Å². The van der Waals surface area contributed by atoms with Crippen molar-refractivity contribution < 1.29 is 4.79 Å². The lowest BCUT2D eigenvalue weighted by Crippen LogP contribution is -2.09. The predicted octanol–water partition coefficient (Wildman–Crippen LogP) is 2.24. The minimum Gasteiger partial charge on any atom is -0.355 e. The van der Waals surface area contributed by atoms with Crippen LogP contribution in [0, 0.1) is 0 Å². The maximum Gasteiger partial charge on any atom is 0.207 e. The molecule has 0 aliphatic heterocycles.